The Kier molecular flexibility index (Phi) is 6.40. The van der Waals surface area contributed by atoms with Gasteiger partial charge in [-0.15, -0.1) is 0 Å². The minimum Gasteiger partial charge on any atom is -0.206 e. The summed E-state index contributed by atoms with van der Waals surface area (Å²) in [7, 11) is 0. The van der Waals surface area contributed by atoms with Gasteiger partial charge < -0.3 is 0 Å². The van der Waals surface area contributed by atoms with Crippen molar-refractivity contribution in [3.63, 3.8) is 0 Å². The average molecular weight is 350 g/mol. The Hall–Kier alpha value is -2.10. The summed E-state index contributed by atoms with van der Waals surface area (Å²) in [5, 5.41) is 0. The van der Waals surface area contributed by atoms with Crippen LogP contribution in [0.25, 0.3) is 16.7 Å². The summed E-state index contributed by atoms with van der Waals surface area (Å²) in [5.41, 5.74) is 1.09. The van der Waals surface area contributed by atoms with Crippen LogP contribution in [0.3, 0.4) is 0 Å². The van der Waals surface area contributed by atoms with E-state index in [-0.39, 0.29) is 11.1 Å². The molecule has 0 spiro atoms. The van der Waals surface area contributed by atoms with Crippen LogP contribution in [-0.2, 0) is 0 Å². The molecule has 1 atom stereocenters. The average Bonchev–Trinajstić information content (AvgIpc) is 2.60. The van der Waals surface area contributed by atoms with E-state index in [1.54, 1.807) is 0 Å². The molecule has 2 aromatic carbocycles. The van der Waals surface area contributed by atoms with E-state index < -0.39 is 23.3 Å². The fourth-order valence-corrected chi connectivity index (χ4v) is 2.91. The van der Waals surface area contributed by atoms with E-state index in [9.17, 15) is 17.6 Å². The fraction of sp³-hybridized carbons (Fsp3) is 0.333. The van der Waals surface area contributed by atoms with Gasteiger partial charge in [0.15, 0.2) is 11.6 Å². The first kappa shape index (κ1) is 19.2. The van der Waals surface area contributed by atoms with Crippen molar-refractivity contribution in [2.24, 2.45) is 5.92 Å². The Morgan fingerprint density at radius 1 is 0.800 bits per heavy atom. The van der Waals surface area contributed by atoms with E-state index in [4.69, 9.17) is 0 Å². The summed E-state index contributed by atoms with van der Waals surface area (Å²) in [4.78, 5) is 0. The fourth-order valence-electron chi connectivity index (χ4n) is 2.91. The van der Waals surface area contributed by atoms with Crippen molar-refractivity contribution in [2.45, 2.75) is 40.0 Å². The number of hydrogen-bond acceptors (Lipinski definition) is 0. The van der Waals surface area contributed by atoms with Crippen molar-refractivity contribution in [1.82, 2.24) is 0 Å². The molecular weight excluding hydrogens is 328 g/mol. The van der Waals surface area contributed by atoms with Crippen molar-refractivity contribution in [3.8, 4) is 11.1 Å². The minimum atomic E-state index is -1.13. The zero-order valence-corrected chi connectivity index (χ0v) is 14.7. The monoisotopic (exact) mass is 350 g/mol. The summed E-state index contributed by atoms with van der Waals surface area (Å²) in [6, 6.07) is 5.37. The molecule has 0 nitrogen and oxygen atoms in total. The van der Waals surface area contributed by atoms with Crippen LogP contribution in [0.5, 0.6) is 0 Å². The largest absolute Gasteiger partial charge is 0.206 e. The van der Waals surface area contributed by atoms with Gasteiger partial charge in [0.25, 0.3) is 0 Å². The molecule has 0 aromatic heterocycles. The lowest BCUT2D eigenvalue weighted by atomic mass is 9.87. The van der Waals surface area contributed by atoms with E-state index in [0.717, 1.165) is 37.0 Å². The predicted octanol–water partition coefficient (Wildman–Crippen LogP) is 7.14. The van der Waals surface area contributed by atoms with Crippen LogP contribution in [0, 0.1) is 29.2 Å². The molecular formula is C21H22F4. The summed E-state index contributed by atoms with van der Waals surface area (Å²) in [6.07, 6.45) is 4.67. The second-order valence-corrected chi connectivity index (χ2v) is 6.05. The normalized spacial score (nSPS) is 16.8. The summed E-state index contributed by atoms with van der Waals surface area (Å²) in [5.74, 6) is -3.15. The predicted molar refractivity (Wildman–Crippen MR) is 94.1 cm³/mol. The Morgan fingerprint density at radius 2 is 1.40 bits per heavy atom. The molecule has 1 aliphatic carbocycles. The second-order valence-electron chi connectivity index (χ2n) is 6.05. The molecule has 1 unspecified atom stereocenters. The molecule has 0 radical (unpaired) electrons. The molecule has 0 saturated carbocycles. The summed E-state index contributed by atoms with van der Waals surface area (Å²) < 4.78 is 55.0. The molecule has 0 saturated heterocycles. The summed E-state index contributed by atoms with van der Waals surface area (Å²) in [6.45, 7) is 6.14. The highest BCUT2D eigenvalue weighted by Crippen LogP contribution is 2.34. The standard InChI is InChI=1S/C19H16F4.C2H6/c1-11-2-4-12(5-3-11)14-9-17(22)19(18(23)10-14)13-6-7-15(20)16(21)8-13;1-2/h4,6-11H,2-3,5H2,1H3;1-2H3. The topological polar surface area (TPSA) is 0 Å². The van der Waals surface area contributed by atoms with Gasteiger partial charge in [-0.3, -0.25) is 0 Å². The zero-order valence-electron chi connectivity index (χ0n) is 14.7. The maximum absolute atomic E-state index is 14.4. The molecule has 25 heavy (non-hydrogen) atoms. The van der Waals surface area contributed by atoms with Gasteiger partial charge in [-0.1, -0.05) is 32.9 Å². The van der Waals surface area contributed by atoms with Crippen LogP contribution < -0.4 is 0 Å². The zero-order chi connectivity index (χ0) is 18.6. The van der Waals surface area contributed by atoms with E-state index in [1.807, 2.05) is 19.9 Å². The van der Waals surface area contributed by atoms with Gasteiger partial charge >= 0.3 is 0 Å². The lowest BCUT2D eigenvalue weighted by Gasteiger charge is -2.19. The number of allylic oxidation sites excluding steroid dienone is 2. The third-order valence-corrected chi connectivity index (χ3v) is 4.29. The van der Waals surface area contributed by atoms with Gasteiger partial charge in [0.1, 0.15) is 11.6 Å². The lowest BCUT2D eigenvalue weighted by Crippen LogP contribution is -2.02. The Labute approximate surface area is 146 Å². The van der Waals surface area contributed by atoms with Gasteiger partial charge in [0, 0.05) is 0 Å². The molecule has 0 N–H and O–H groups in total. The van der Waals surface area contributed by atoms with Crippen LogP contribution >= 0.6 is 0 Å². The Balaban J connectivity index is 0.00000109. The van der Waals surface area contributed by atoms with E-state index in [1.165, 1.54) is 18.2 Å². The smallest absolute Gasteiger partial charge is 0.159 e. The second kappa shape index (κ2) is 8.32. The maximum atomic E-state index is 14.4. The third-order valence-electron chi connectivity index (χ3n) is 4.29. The van der Waals surface area contributed by atoms with Crippen molar-refractivity contribution < 1.29 is 17.6 Å². The Morgan fingerprint density at radius 3 is 1.92 bits per heavy atom. The Bertz CT molecular complexity index is 754. The van der Waals surface area contributed by atoms with E-state index >= 15 is 0 Å². The summed E-state index contributed by atoms with van der Waals surface area (Å²) >= 11 is 0. The highest BCUT2D eigenvalue weighted by atomic mass is 19.2. The molecule has 1 aliphatic rings. The minimum absolute atomic E-state index is 0.0169. The first-order valence-electron chi connectivity index (χ1n) is 8.59. The molecule has 0 bridgehead atoms. The van der Waals surface area contributed by atoms with Crippen molar-refractivity contribution >= 4 is 5.57 Å². The molecule has 0 fully saturated rings. The van der Waals surface area contributed by atoms with E-state index in [0.29, 0.717) is 11.5 Å². The van der Waals surface area contributed by atoms with Gasteiger partial charge in [-0.25, -0.2) is 17.6 Å². The third kappa shape index (κ3) is 4.30. The van der Waals surface area contributed by atoms with Crippen LogP contribution in [0.1, 0.15) is 45.6 Å². The van der Waals surface area contributed by atoms with Gasteiger partial charge in [-0.2, -0.15) is 0 Å². The van der Waals surface area contributed by atoms with Crippen molar-refractivity contribution in [2.75, 3.05) is 0 Å². The molecule has 3 rings (SSSR count). The molecule has 0 amide bonds. The number of hydrogen-bond donors (Lipinski definition) is 0. The van der Waals surface area contributed by atoms with Crippen LogP contribution in [0.4, 0.5) is 17.6 Å². The van der Waals surface area contributed by atoms with Gasteiger partial charge in [0.2, 0.25) is 0 Å². The highest BCUT2D eigenvalue weighted by molar-refractivity contribution is 5.72. The molecule has 4 heteroatoms. The first-order valence-corrected chi connectivity index (χ1v) is 8.59. The van der Waals surface area contributed by atoms with Crippen LogP contribution in [-0.4, -0.2) is 0 Å². The number of rotatable bonds is 2. The lowest BCUT2D eigenvalue weighted by molar-refractivity contribution is 0.508. The van der Waals surface area contributed by atoms with Crippen molar-refractivity contribution in [1.29, 1.82) is 0 Å². The molecule has 0 aliphatic heterocycles. The highest BCUT2D eigenvalue weighted by Gasteiger charge is 2.18. The van der Waals surface area contributed by atoms with Crippen molar-refractivity contribution in [3.05, 3.63) is 65.2 Å². The number of benzene rings is 2. The van der Waals surface area contributed by atoms with E-state index in [2.05, 4.69) is 6.92 Å². The molecule has 2 aromatic rings. The number of halogens is 4. The van der Waals surface area contributed by atoms with Gasteiger partial charge in [-0.05, 0) is 66.1 Å². The molecule has 134 valence electrons. The maximum Gasteiger partial charge on any atom is 0.159 e. The first-order chi connectivity index (χ1) is 12.0. The van der Waals surface area contributed by atoms with Crippen LogP contribution in [0.2, 0.25) is 0 Å². The SMILES string of the molecule is CC.CC1CC=C(c2cc(F)c(-c3ccc(F)c(F)c3)c(F)c2)CC1. The molecule has 0 heterocycles. The van der Waals surface area contributed by atoms with Crippen LogP contribution in [0.15, 0.2) is 36.4 Å². The van der Waals surface area contributed by atoms with Gasteiger partial charge in [0.05, 0.1) is 5.56 Å². The quantitative estimate of drug-likeness (QED) is 0.505.